The smallest absolute Gasteiger partial charge is 0.250 e. The summed E-state index contributed by atoms with van der Waals surface area (Å²) in [5, 5.41) is 0. The number of rotatable bonds is 2. The second-order valence-electron chi connectivity index (χ2n) is 5.12. The standard InChI is InChI=1S/C14H16F4O/c1-8-7-9(5-6-14(8,17)18)10-3-4-11(15)12(16)13(10)19-2/h3-4,8-9H,5-7H2,1-2H3/t8-,9?/m1/s1. The van der Waals surface area contributed by atoms with E-state index in [9.17, 15) is 17.6 Å². The third-order valence-electron chi connectivity index (χ3n) is 3.91. The molecule has 0 spiro atoms. The van der Waals surface area contributed by atoms with Gasteiger partial charge in [0.1, 0.15) is 0 Å². The van der Waals surface area contributed by atoms with E-state index in [1.165, 1.54) is 20.1 Å². The Hall–Kier alpha value is -1.26. The van der Waals surface area contributed by atoms with E-state index in [-0.39, 0.29) is 30.9 Å². The highest BCUT2D eigenvalue weighted by Gasteiger charge is 2.42. The molecular formula is C14H16F4O. The van der Waals surface area contributed by atoms with E-state index < -0.39 is 23.5 Å². The van der Waals surface area contributed by atoms with Gasteiger partial charge >= 0.3 is 0 Å². The normalized spacial score (nSPS) is 26.2. The highest BCUT2D eigenvalue weighted by atomic mass is 19.3. The predicted octanol–water partition coefficient (Wildman–Crippen LogP) is 4.51. The molecule has 0 bridgehead atoms. The molecule has 1 aromatic rings. The molecule has 0 aromatic heterocycles. The van der Waals surface area contributed by atoms with E-state index >= 15 is 0 Å². The quantitative estimate of drug-likeness (QED) is 0.722. The molecule has 0 saturated heterocycles. The highest BCUT2D eigenvalue weighted by molar-refractivity contribution is 5.38. The highest BCUT2D eigenvalue weighted by Crippen LogP contribution is 2.47. The second-order valence-corrected chi connectivity index (χ2v) is 5.12. The minimum Gasteiger partial charge on any atom is -0.493 e. The Bertz CT molecular complexity index is 473. The van der Waals surface area contributed by atoms with E-state index in [2.05, 4.69) is 0 Å². The zero-order valence-corrected chi connectivity index (χ0v) is 10.9. The van der Waals surface area contributed by atoms with Gasteiger partial charge in [0.05, 0.1) is 7.11 Å². The van der Waals surface area contributed by atoms with Crippen molar-refractivity contribution in [3.8, 4) is 5.75 Å². The lowest BCUT2D eigenvalue weighted by molar-refractivity contribution is -0.0831. The average molecular weight is 276 g/mol. The topological polar surface area (TPSA) is 9.23 Å². The molecular weight excluding hydrogens is 260 g/mol. The molecule has 19 heavy (non-hydrogen) atoms. The minimum absolute atomic E-state index is 0.164. The third kappa shape index (κ3) is 2.55. The fourth-order valence-corrected chi connectivity index (χ4v) is 2.69. The molecule has 0 N–H and O–H groups in total. The number of alkyl halides is 2. The molecule has 0 amide bonds. The summed E-state index contributed by atoms with van der Waals surface area (Å²) in [6, 6.07) is 2.45. The van der Waals surface area contributed by atoms with Crippen LogP contribution < -0.4 is 4.74 Å². The van der Waals surface area contributed by atoms with Crippen LogP contribution in [0.25, 0.3) is 0 Å². The third-order valence-corrected chi connectivity index (χ3v) is 3.91. The molecule has 2 atom stereocenters. The van der Waals surface area contributed by atoms with Crippen LogP contribution in [0.1, 0.15) is 37.7 Å². The molecule has 0 aliphatic heterocycles. The van der Waals surface area contributed by atoms with E-state index in [0.717, 1.165) is 6.07 Å². The summed E-state index contributed by atoms with van der Waals surface area (Å²) in [6.45, 7) is 1.48. The molecule has 0 heterocycles. The second kappa shape index (κ2) is 5.02. The number of ether oxygens (including phenoxy) is 1. The first kappa shape index (κ1) is 14.2. The van der Waals surface area contributed by atoms with Gasteiger partial charge in [-0.2, -0.15) is 4.39 Å². The fraction of sp³-hybridized carbons (Fsp3) is 0.571. The van der Waals surface area contributed by atoms with Gasteiger partial charge in [0.15, 0.2) is 11.6 Å². The van der Waals surface area contributed by atoms with Crippen LogP contribution in [0.4, 0.5) is 17.6 Å². The van der Waals surface area contributed by atoms with E-state index in [1.54, 1.807) is 0 Å². The van der Waals surface area contributed by atoms with Gasteiger partial charge in [0.25, 0.3) is 5.92 Å². The van der Waals surface area contributed by atoms with Crippen molar-refractivity contribution >= 4 is 0 Å². The number of hydrogen-bond donors (Lipinski definition) is 0. The van der Waals surface area contributed by atoms with Gasteiger partial charge in [-0.3, -0.25) is 0 Å². The number of hydrogen-bond acceptors (Lipinski definition) is 1. The van der Waals surface area contributed by atoms with E-state index in [1.807, 2.05) is 0 Å². The number of benzene rings is 1. The largest absolute Gasteiger partial charge is 0.493 e. The Morgan fingerprint density at radius 1 is 1.26 bits per heavy atom. The van der Waals surface area contributed by atoms with Crippen LogP contribution in [0.3, 0.4) is 0 Å². The van der Waals surface area contributed by atoms with Crippen molar-refractivity contribution in [3.63, 3.8) is 0 Å². The van der Waals surface area contributed by atoms with Crippen LogP contribution in [0, 0.1) is 17.6 Å². The van der Waals surface area contributed by atoms with Crippen LogP contribution in [0.5, 0.6) is 5.75 Å². The van der Waals surface area contributed by atoms with Crippen molar-refractivity contribution in [3.05, 3.63) is 29.3 Å². The summed E-state index contributed by atoms with van der Waals surface area (Å²) in [6.07, 6.45) is 0.258. The van der Waals surface area contributed by atoms with Gasteiger partial charge in [0.2, 0.25) is 5.82 Å². The lowest BCUT2D eigenvalue weighted by atomic mass is 9.76. The van der Waals surface area contributed by atoms with Crippen LogP contribution >= 0.6 is 0 Å². The number of halogens is 4. The molecule has 1 unspecified atom stereocenters. The first-order valence-electron chi connectivity index (χ1n) is 6.26. The first-order chi connectivity index (χ1) is 8.86. The molecule has 5 heteroatoms. The zero-order chi connectivity index (χ0) is 14.2. The maximum Gasteiger partial charge on any atom is 0.250 e. The van der Waals surface area contributed by atoms with Crippen molar-refractivity contribution in [2.75, 3.05) is 7.11 Å². The predicted molar refractivity (Wildman–Crippen MR) is 63.6 cm³/mol. The molecule has 106 valence electrons. The summed E-state index contributed by atoms with van der Waals surface area (Å²) in [4.78, 5) is 0. The summed E-state index contributed by atoms with van der Waals surface area (Å²) >= 11 is 0. The molecule has 1 aliphatic carbocycles. The van der Waals surface area contributed by atoms with Crippen LogP contribution in [0.2, 0.25) is 0 Å². The van der Waals surface area contributed by atoms with Crippen molar-refractivity contribution in [1.29, 1.82) is 0 Å². The SMILES string of the molecule is COc1c(C2CCC(F)(F)[C@H](C)C2)ccc(F)c1F. The average Bonchev–Trinajstić information content (AvgIpc) is 2.36. The molecule has 0 radical (unpaired) electrons. The van der Waals surface area contributed by atoms with E-state index in [4.69, 9.17) is 4.74 Å². The maximum absolute atomic E-state index is 13.6. The number of methoxy groups -OCH3 is 1. The van der Waals surface area contributed by atoms with Gasteiger partial charge in [-0.1, -0.05) is 13.0 Å². The van der Waals surface area contributed by atoms with Crippen LogP contribution in [-0.4, -0.2) is 13.0 Å². The zero-order valence-electron chi connectivity index (χ0n) is 10.9. The molecule has 1 aromatic carbocycles. The molecule has 1 saturated carbocycles. The van der Waals surface area contributed by atoms with Crippen LogP contribution in [0.15, 0.2) is 12.1 Å². The van der Waals surface area contributed by atoms with Crippen molar-refractivity contribution in [2.45, 2.75) is 38.0 Å². The molecule has 2 rings (SSSR count). The van der Waals surface area contributed by atoms with Gasteiger partial charge in [-0.15, -0.1) is 0 Å². The van der Waals surface area contributed by atoms with Gasteiger partial charge in [0, 0.05) is 17.9 Å². The summed E-state index contributed by atoms with van der Waals surface area (Å²) < 4.78 is 58.5. The Balaban J connectivity index is 2.31. The first-order valence-corrected chi connectivity index (χ1v) is 6.26. The van der Waals surface area contributed by atoms with Crippen molar-refractivity contribution in [2.24, 2.45) is 5.92 Å². The monoisotopic (exact) mass is 276 g/mol. The fourth-order valence-electron chi connectivity index (χ4n) is 2.69. The lowest BCUT2D eigenvalue weighted by Crippen LogP contribution is -2.32. The maximum atomic E-state index is 13.6. The van der Waals surface area contributed by atoms with Crippen LogP contribution in [-0.2, 0) is 0 Å². The summed E-state index contributed by atoms with van der Waals surface area (Å²) in [7, 11) is 1.25. The molecule has 1 nitrogen and oxygen atoms in total. The lowest BCUT2D eigenvalue weighted by Gasteiger charge is -2.34. The molecule has 1 fully saturated rings. The Morgan fingerprint density at radius 2 is 1.95 bits per heavy atom. The summed E-state index contributed by atoms with van der Waals surface area (Å²) in [5.74, 6) is -5.88. The van der Waals surface area contributed by atoms with Crippen molar-refractivity contribution < 1.29 is 22.3 Å². The van der Waals surface area contributed by atoms with Gasteiger partial charge in [-0.25, -0.2) is 13.2 Å². The molecule has 1 aliphatic rings. The van der Waals surface area contributed by atoms with Gasteiger partial charge in [-0.05, 0) is 24.8 Å². The summed E-state index contributed by atoms with van der Waals surface area (Å²) in [5.41, 5.74) is 0.476. The minimum atomic E-state index is -2.68. The Morgan fingerprint density at radius 3 is 2.53 bits per heavy atom. The Labute approximate surface area is 109 Å². The van der Waals surface area contributed by atoms with Crippen molar-refractivity contribution in [1.82, 2.24) is 0 Å². The van der Waals surface area contributed by atoms with Gasteiger partial charge < -0.3 is 4.74 Å². The van der Waals surface area contributed by atoms with E-state index in [0.29, 0.717) is 5.56 Å². The Kier molecular flexibility index (Phi) is 3.74.